The van der Waals surface area contributed by atoms with Crippen LogP contribution >= 0.6 is 0 Å². The lowest BCUT2D eigenvalue weighted by Gasteiger charge is -2.29. The van der Waals surface area contributed by atoms with Crippen molar-refractivity contribution in [2.45, 2.75) is 45.1 Å². The minimum Gasteiger partial charge on any atom is -0.396 e. The van der Waals surface area contributed by atoms with Crippen LogP contribution in [0, 0.1) is 23.2 Å². The van der Waals surface area contributed by atoms with Crippen molar-refractivity contribution in [2.75, 3.05) is 13.2 Å². The molecule has 1 saturated carbocycles. The Morgan fingerprint density at radius 3 is 2.93 bits per heavy atom. The van der Waals surface area contributed by atoms with Crippen LogP contribution in [0.2, 0.25) is 0 Å². The highest BCUT2D eigenvalue weighted by Crippen LogP contribution is 2.31. The van der Waals surface area contributed by atoms with Gasteiger partial charge in [0.05, 0.1) is 12.7 Å². The molecule has 0 radical (unpaired) electrons. The molecular weight excluding hydrogens is 190 g/mol. The highest BCUT2D eigenvalue weighted by Gasteiger charge is 2.26. The van der Waals surface area contributed by atoms with Gasteiger partial charge in [0.2, 0.25) is 0 Å². The predicted molar refractivity (Wildman–Crippen MR) is 58.2 cm³/mol. The molecule has 1 N–H and O–H groups in total. The predicted octanol–water partition coefficient (Wildman–Crippen LogP) is 2.10. The fourth-order valence-electron chi connectivity index (χ4n) is 2.31. The monoisotopic (exact) mass is 211 g/mol. The molecule has 1 fully saturated rings. The van der Waals surface area contributed by atoms with Crippen molar-refractivity contribution in [1.82, 2.24) is 0 Å². The lowest BCUT2D eigenvalue weighted by molar-refractivity contribution is 0.0230. The third-order valence-electron chi connectivity index (χ3n) is 3.13. The van der Waals surface area contributed by atoms with E-state index < -0.39 is 0 Å². The van der Waals surface area contributed by atoms with E-state index in [1.54, 1.807) is 0 Å². The van der Waals surface area contributed by atoms with Gasteiger partial charge in [-0.15, -0.1) is 0 Å². The minimum atomic E-state index is -0.265. The molecule has 1 rings (SSSR count). The lowest BCUT2D eigenvalue weighted by atomic mass is 9.80. The van der Waals surface area contributed by atoms with Gasteiger partial charge in [0.1, 0.15) is 6.10 Å². The van der Waals surface area contributed by atoms with Crippen LogP contribution in [0.3, 0.4) is 0 Å². The van der Waals surface area contributed by atoms with Crippen molar-refractivity contribution in [3.63, 3.8) is 0 Å². The summed E-state index contributed by atoms with van der Waals surface area (Å²) in [5.41, 5.74) is 0. The van der Waals surface area contributed by atoms with E-state index in [0.29, 0.717) is 18.9 Å². The third kappa shape index (κ3) is 4.19. The van der Waals surface area contributed by atoms with Crippen molar-refractivity contribution in [3.05, 3.63) is 0 Å². The van der Waals surface area contributed by atoms with E-state index in [0.717, 1.165) is 18.8 Å². The van der Waals surface area contributed by atoms with Gasteiger partial charge in [-0.2, -0.15) is 5.26 Å². The first-order chi connectivity index (χ1) is 7.27. The number of aliphatic hydroxyl groups excluding tert-OH is 1. The molecule has 0 bridgehead atoms. The van der Waals surface area contributed by atoms with Crippen molar-refractivity contribution >= 4 is 0 Å². The fraction of sp³-hybridized carbons (Fsp3) is 0.917. The molecular formula is C12H21NO2. The maximum Gasteiger partial charge on any atom is 0.146 e. The fourth-order valence-corrected chi connectivity index (χ4v) is 2.31. The first-order valence-corrected chi connectivity index (χ1v) is 5.90. The molecule has 3 nitrogen and oxygen atoms in total. The summed E-state index contributed by atoms with van der Waals surface area (Å²) < 4.78 is 5.50. The smallest absolute Gasteiger partial charge is 0.146 e. The van der Waals surface area contributed by atoms with Crippen LogP contribution in [0.1, 0.15) is 39.0 Å². The average molecular weight is 211 g/mol. The van der Waals surface area contributed by atoms with Gasteiger partial charge in [0.15, 0.2) is 0 Å². The summed E-state index contributed by atoms with van der Waals surface area (Å²) in [5.74, 6) is 1.12. The number of hydrogen-bond donors (Lipinski definition) is 1. The van der Waals surface area contributed by atoms with Gasteiger partial charge in [0.25, 0.3) is 0 Å². The quantitative estimate of drug-likeness (QED) is 0.708. The average Bonchev–Trinajstić information content (AvgIpc) is 2.24. The second-order valence-electron chi connectivity index (χ2n) is 4.53. The molecule has 0 saturated heterocycles. The Morgan fingerprint density at radius 1 is 1.53 bits per heavy atom. The summed E-state index contributed by atoms with van der Waals surface area (Å²) in [6, 6.07) is 2.25. The summed E-state index contributed by atoms with van der Waals surface area (Å²) in [6.45, 7) is 2.88. The molecule has 0 aromatic rings. The van der Waals surface area contributed by atoms with Crippen LogP contribution in [0.25, 0.3) is 0 Å². The van der Waals surface area contributed by atoms with Crippen molar-refractivity contribution < 1.29 is 9.84 Å². The maximum absolute atomic E-state index is 9.03. The van der Waals surface area contributed by atoms with Gasteiger partial charge < -0.3 is 9.84 Å². The van der Waals surface area contributed by atoms with Crippen LogP contribution in [0.5, 0.6) is 0 Å². The zero-order valence-electron chi connectivity index (χ0n) is 9.48. The van der Waals surface area contributed by atoms with Gasteiger partial charge in [-0.25, -0.2) is 0 Å². The zero-order chi connectivity index (χ0) is 11.1. The molecule has 3 heteroatoms. The highest BCUT2D eigenvalue weighted by atomic mass is 16.5. The number of nitrogens with zero attached hydrogens (tertiary/aromatic N) is 1. The van der Waals surface area contributed by atoms with Crippen LogP contribution in [-0.2, 0) is 4.74 Å². The van der Waals surface area contributed by atoms with Gasteiger partial charge in [-0.05, 0) is 31.1 Å². The van der Waals surface area contributed by atoms with Gasteiger partial charge in [0, 0.05) is 6.61 Å². The summed E-state index contributed by atoms with van der Waals surface area (Å²) in [4.78, 5) is 0. The number of hydrogen-bond acceptors (Lipinski definition) is 3. The number of aliphatic hydroxyl groups is 1. The topological polar surface area (TPSA) is 53.2 Å². The second-order valence-corrected chi connectivity index (χ2v) is 4.53. The van der Waals surface area contributed by atoms with Gasteiger partial charge >= 0.3 is 0 Å². The van der Waals surface area contributed by atoms with Crippen LogP contribution < -0.4 is 0 Å². The van der Waals surface area contributed by atoms with Crippen molar-refractivity contribution in [2.24, 2.45) is 11.8 Å². The van der Waals surface area contributed by atoms with Crippen molar-refractivity contribution in [3.8, 4) is 6.07 Å². The molecule has 0 aliphatic heterocycles. The summed E-state index contributed by atoms with van der Waals surface area (Å²) in [7, 11) is 0. The molecule has 1 aliphatic rings. The van der Waals surface area contributed by atoms with E-state index in [1.807, 2.05) is 0 Å². The van der Waals surface area contributed by atoms with E-state index in [1.165, 1.54) is 12.8 Å². The SMILES string of the molecule is CC1CCCC(C(C#N)OCCCO)C1. The maximum atomic E-state index is 9.03. The Kier molecular flexibility index (Phi) is 5.67. The Bertz CT molecular complexity index is 212. The van der Waals surface area contributed by atoms with Crippen LogP contribution in [-0.4, -0.2) is 24.4 Å². The third-order valence-corrected chi connectivity index (χ3v) is 3.13. The molecule has 0 heterocycles. The lowest BCUT2D eigenvalue weighted by Crippen LogP contribution is -2.27. The van der Waals surface area contributed by atoms with Gasteiger partial charge in [-0.1, -0.05) is 19.8 Å². The van der Waals surface area contributed by atoms with E-state index in [-0.39, 0.29) is 12.7 Å². The molecule has 0 aromatic carbocycles. The standard InChI is InChI=1S/C12H21NO2/c1-10-4-2-5-11(8-10)12(9-13)15-7-3-6-14/h10-12,14H,2-8H2,1H3. The number of ether oxygens (including phenoxy) is 1. The van der Waals surface area contributed by atoms with E-state index in [4.69, 9.17) is 15.1 Å². The number of nitriles is 1. The minimum absolute atomic E-state index is 0.138. The molecule has 86 valence electrons. The molecule has 0 amide bonds. The molecule has 3 unspecified atom stereocenters. The Hall–Kier alpha value is -0.590. The number of rotatable bonds is 5. The van der Waals surface area contributed by atoms with Crippen LogP contribution in [0.15, 0.2) is 0 Å². The zero-order valence-corrected chi connectivity index (χ0v) is 9.48. The largest absolute Gasteiger partial charge is 0.396 e. The highest BCUT2D eigenvalue weighted by molar-refractivity contribution is 4.92. The second kappa shape index (κ2) is 6.81. The normalized spacial score (nSPS) is 28.3. The Balaban J connectivity index is 2.33. The summed E-state index contributed by atoms with van der Waals surface area (Å²) in [5, 5.41) is 17.7. The van der Waals surface area contributed by atoms with E-state index >= 15 is 0 Å². The van der Waals surface area contributed by atoms with Gasteiger partial charge in [-0.3, -0.25) is 0 Å². The van der Waals surface area contributed by atoms with E-state index in [2.05, 4.69) is 13.0 Å². The first kappa shape index (κ1) is 12.5. The summed E-state index contributed by atoms with van der Waals surface area (Å²) in [6.07, 6.45) is 5.08. The van der Waals surface area contributed by atoms with E-state index in [9.17, 15) is 0 Å². The van der Waals surface area contributed by atoms with Crippen molar-refractivity contribution in [1.29, 1.82) is 5.26 Å². The Morgan fingerprint density at radius 2 is 2.33 bits per heavy atom. The molecule has 1 aliphatic carbocycles. The van der Waals surface area contributed by atoms with Crippen LogP contribution in [0.4, 0.5) is 0 Å². The summed E-state index contributed by atoms with van der Waals surface area (Å²) >= 11 is 0. The molecule has 0 spiro atoms. The molecule has 3 atom stereocenters. The Labute approximate surface area is 92.0 Å². The molecule has 15 heavy (non-hydrogen) atoms. The molecule has 0 aromatic heterocycles. The first-order valence-electron chi connectivity index (χ1n) is 5.90.